The van der Waals surface area contributed by atoms with Crippen LogP contribution in [-0.4, -0.2) is 21.8 Å². The lowest BCUT2D eigenvalue weighted by Crippen LogP contribution is -2.35. The molecule has 3 aromatic carbocycles. The Morgan fingerprint density at radius 3 is 2.59 bits per heavy atom. The lowest BCUT2D eigenvalue weighted by atomic mass is 10.1. The van der Waals surface area contributed by atoms with Crippen molar-refractivity contribution < 1.29 is 9.47 Å². The number of ether oxygens (including phenoxy) is 2. The van der Waals surface area contributed by atoms with Gasteiger partial charge in [-0.25, -0.2) is 0 Å². The molecule has 34 heavy (non-hydrogen) atoms. The van der Waals surface area contributed by atoms with Crippen molar-refractivity contribution in [2.75, 3.05) is 12.1 Å². The van der Waals surface area contributed by atoms with Crippen LogP contribution in [0, 0.1) is 0 Å². The van der Waals surface area contributed by atoms with Crippen LogP contribution in [-0.2, 0) is 19.5 Å². The first-order valence-electron chi connectivity index (χ1n) is 11.2. The molecule has 0 spiro atoms. The number of nitrogens with zero attached hydrogens (tertiary/aromatic N) is 1. The van der Waals surface area contributed by atoms with Gasteiger partial charge in [0.2, 0.25) is 6.79 Å². The predicted octanol–water partition coefficient (Wildman–Crippen LogP) is 5.22. The molecule has 0 saturated carbocycles. The summed E-state index contributed by atoms with van der Waals surface area (Å²) in [6, 6.07) is 23.7. The Balaban J connectivity index is 1.46. The van der Waals surface area contributed by atoms with E-state index in [9.17, 15) is 4.79 Å². The fraction of sp³-hybridized carbons (Fsp3) is 0.185. The highest BCUT2D eigenvalue weighted by Gasteiger charge is 2.18. The number of thiocarbonyl (C=S) groups is 1. The zero-order chi connectivity index (χ0) is 23.5. The molecule has 0 unspecified atom stereocenters. The van der Waals surface area contributed by atoms with Crippen LogP contribution in [0.25, 0.3) is 10.9 Å². The van der Waals surface area contributed by atoms with Gasteiger partial charge in [0, 0.05) is 23.3 Å². The Bertz CT molecular complexity index is 1400. The quantitative estimate of drug-likeness (QED) is 0.376. The van der Waals surface area contributed by atoms with Gasteiger partial charge in [0.1, 0.15) is 0 Å². The average Bonchev–Trinajstić information content (AvgIpc) is 3.32. The second kappa shape index (κ2) is 9.57. The highest BCUT2D eigenvalue weighted by Crippen LogP contribution is 2.33. The van der Waals surface area contributed by atoms with Crippen molar-refractivity contribution in [1.29, 1.82) is 0 Å². The number of anilines is 1. The predicted molar refractivity (Wildman–Crippen MR) is 138 cm³/mol. The van der Waals surface area contributed by atoms with Crippen molar-refractivity contribution in [3.8, 4) is 11.5 Å². The Morgan fingerprint density at radius 2 is 1.76 bits per heavy atom. The van der Waals surface area contributed by atoms with Gasteiger partial charge in [0.25, 0.3) is 5.56 Å². The molecule has 1 aliphatic rings. The largest absolute Gasteiger partial charge is 0.454 e. The molecule has 0 saturated heterocycles. The molecule has 6 nitrogen and oxygen atoms in total. The number of hydrogen-bond acceptors (Lipinski definition) is 4. The molecule has 5 rings (SSSR count). The first-order valence-corrected chi connectivity index (χ1v) is 11.6. The zero-order valence-corrected chi connectivity index (χ0v) is 19.7. The van der Waals surface area contributed by atoms with Crippen molar-refractivity contribution in [2.24, 2.45) is 0 Å². The molecule has 0 bridgehead atoms. The van der Waals surface area contributed by atoms with Crippen molar-refractivity contribution in [1.82, 2.24) is 9.88 Å². The zero-order valence-electron chi connectivity index (χ0n) is 18.8. The van der Waals surface area contributed by atoms with Gasteiger partial charge in [-0.1, -0.05) is 37.3 Å². The minimum absolute atomic E-state index is 0.116. The topological polar surface area (TPSA) is 66.6 Å². The number of benzene rings is 3. The molecule has 1 aromatic heterocycles. The third-order valence-corrected chi connectivity index (χ3v) is 6.24. The van der Waals surface area contributed by atoms with E-state index in [2.05, 4.69) is 23.3 Å². The maximum absolute atomic E-state index is 12.9. The highest BCUT2D eigenvalue weighted by molar-refractivity contribution is 7.80. The second-order valence-corrected chi connectivity index (χ2v) is 8.63. The van der Waals surface area contributed by atoms with Crippen LogP contribution < -0.4 is 20.3 Å². The molecular formula is C27H25N3O3S. The number of pyridine rings is 1. The normalized spacial score (nSPS) is 12.0. The summed E-state index contributed by atoms with van der Waals surface area (Å²) >= 11 is 5.78. The molecule has 1 aliphatic heterocycles. The van der Waals surface area contributed by atoms with Gasteiger partial charge in [0.15, 0.2) is 16.6 Å². The Hall–Kier alpha value is -3.84. The summed E-state index contributed by atoms with van der Waals surface area (Å²) in [5, 5.41) is 4.84. The van der Waals surface area contributed by atoms with Crippen LogP contribution in [0.1, 0.15) is 23.6 Å². The summed E-state index contributed by atoms with van der Waals surface area (Å²) in [7, 11) is 0. The summed E-state index contributed by atoms with van der Waals surface area (Å²) < 4.78 is 11.0. The van der Waals surface area contributed by atoms with Gasteiger partial charge in [-0.2, -0.15) is 0 Å². The van der Waals surface area contributed by atoms with Crippen molar-refractivity contribution in [2.45, 2.75) is 26.4 Å². The molecule has 7 heteroatoms. The monoisotopic (exact) mass is 471 g/mol. The van der Waals surface area contributed by atoms with E-state index in [1.807, 2.05) is 71.6 Å². The van der Waals surface area contributed by atoms with E-state index < -0.39 is 0 Å². The van der Waals surface area contributed by atoms with Crippen LogP contribution in [0.15, 0.2) is 77.6 Å². The summed E-state index contributed by atoms with van der Waals surface area (Å²) in [5.41, 5.74) is 4.49. The number of aromatic nitrogens is 1. The standard InChI is InChI=1S/C27H25N3O3S/c1-2-18-8-10-23-20(12-18)14-21(26(31)29-23)16-30(27(34)28-22-6-4-3-5-7-22)15-19-9-11-24-25(13-19)33-17-32-24/h3-14H,2,15-17H2,1H3,(H,28,34)(H,29,31). The summed E-state index contributed by atoms with van der Waals surface area (Å²) in [4.78, 5) is 17.9. The smallest absolute Gasteiger partial charge is 0.253 e. The molecule has 0 radical (unpaired) electrons. The molecule has 0 aliphatic carbocycles. The van der Waals surface area contributed by atoms with Gasteiger partial charge >= 0.3 is 0 Å². The number of para-hydroxylation sites is 1. The van der Waals surface area contributed by atoms with Gasteiger partial charge in [-0.05, 0) is 77.6 Å². The van der Waals surface area contributed by atoms with Gasteiger partial charge in [-0.3, -0.25) is 4.79 Å². The molecular weight excluding hydrogens is 446 g/mol. The molecule has 0 amide bonds. The Labute approximate surface area is 203 Å². The van der Waals surface area contributed by atoms with Gasteiger partial charge in [-0.15, -0.1) is 0 Å². The summed E-state index contributed by atoms with van der Waals surface area (Å²) in [6.07, 6.45) is 0.936. The third-order valence-electron chi connectivity index (χ3n) is 5.88. The van der Waals surface area contributed by atoms with Crippen molar-refractivity contribution in [3.05, 3.63) is 99.8 Å². The van der Waals surface area contributed by atoms with Gasteiger partial charge in [0.05, 0.1) is 6.54 Å². The fourth-order valence-corrected chi connectivity index (χ4v) is 4.27. The van der Waals surface area contributed by atoms with E-state index in [4.69, 9.17) is 21.7 Å². The van der Waals surface area contributed by atoms with Gasteiger partial charge < -0.3 is 24.7 Å². The first kappa shape index (κ1) is 22.0. The number of hydrogen-bond donors (Lipinski definition) is 2. The lowest BCUT2D eigenvalue weighted by molar-refractivity contribution is 0.174. The lowest BCUT2D eigenvalue weighted by Gasteiger charge is -2.26. The summed E-state index contributed by atoms with van der Waals surface area (Å²) in [5.74, 6) is 1.45. The van der Waals surface area contributed by atoms with E-state index in [0.717, 1.165) is 40.1 Å². The molecule has 4 aromatic rings. The van der Waals surface area contributed by atoms with E-state index in [1.54, 1.807) is 0 Å². The molecule has 172 valence electrons. The van der Waals surface area contributed by atoms with E-state index >= 15 is 0 Å². The number of nitrogens with one attached hydrogen (secondary N) is 2. The third kappa shape index (κ3) is 4.75. The SMILES string of the molecule is CCc1ccc2[nH]c(=O)c(CN(Cc3ccc4c(c3)OCO4)C(=S)Nc3ccccc3)cc2c1. The van der Waals surface area contributed by atoms with Crippen LogP contribution in [0.4, 0.5) is 5.69 Å². The van der Waals surface area contributed by atoms with Crippen molar-refractivity contribution in [3.63, 3.8) is 0 Å². The number of aryl methyl sites for hydroxylation is 1. The number of H-pyrrole nitrogens is 1. The molecule has 2 heterocycles. The van der Waals surface area contributed by atoms with Crippen LogP contribution in [0.5, 0.6) is 11.5 Å². The Kier molecular flexibility index (Phi) is 6.18. The van der Waals surface area contributed by atoms with Crippen molar-refractivity contribution >= 4 is 33.9 Å². The number of rotatable bonds is 6. The maximum Gasteiger partial charge on any atom is 0.253 e. The van der Waals surface area contributed by atoms with Crippen LogP contribution in [0.2, 0.25) is 0 Å². The summed E-state index contributed by atoms with van der Waals surface area (Å²) in [6.45, 7) is 3.20. The maximum atomic E-state index is 12.9. The van der Waals surface area contributed by atoms with Crippen LogP contribution in [0.3, 0.4) is 0 Å². The number of fused-ring (bicyclic) bond motifs is 2. The Morgan fingerprint density at radius 1 is 0.971 bits per heavy atom. The highest BCUT2D eigenvalue weighted by atomic mass is 32.1. The minimum Gasteiger partial charge on any atom is -0.454 e. The minimum atomic E-state index is -0.116. The van der Waals surface area contributed by atoms with Crippen LogP contribution >= 0.6 is 12.2 Å². The second-order valence-electron chi connectivity index (χ2n) is 8.24. The molecule has 0 fully saturated rings. The fourth-order valence-electron chi connectivity index (χ4n) is 4.03. The van der Waals surface area contributed by atoms with E-state index in [-0.39, 0.29) is 12.4 Å². The molecule has 0 atom stereocenters. The average molecular weight is 472 g/mol. The molecule has 2 N–H and O–H groups in total. The first-order chi connectivity index (χ1) is 16.6. The van der Waals surface area contributed by atoms with E-state index in [1.165, 1.54) is 5.56 Å². The van der Waals surface area contributed by atoms with E-state index in [0.29, 0.717) is 23.8 Å². The number of aromatic amines is 1.